The van der Waals surface area contributed by atoms with Crippen molar-refractivity contribution in [2.24, 2.45) is 0 Å². The maximum atomic E-state index is 12.7. The molecule has 2 aliphatic rings. The van der Waals surface area contributed by atoms with Crippen LogP contribution in [0.4, 0.5) is 5.69 Å². The number of nitrogens with zero attached hydrogens (tertiary/aromatic N) is 3. The van der Waals surface area contributed by atoms with Gasteiger partial charge in [-0.05, 0) is 36.2 Å². The van der Waals surface area contributed by atoms with Gasteiger partial charge in [-0.1, -0.05) is 35.9 Å². The van der Waals surface area contributed by atoms with Gasteiger partial charge in [0.15, 0.2) is 0 Å². The zero-order chi connectivity index (χ0) is 19.0. The number of carbonyl (C=O) groups excluding carboxylic acids is 2. The minimum Gasteiger partial charge on any atom is -0.368 e. The Morgan fingerprint density at radius 3 is 2.56 bits per heavy atom. The van der Waals surface area contributed by atoms with E-state index in [1.54, 1.807) is 4.90 Å². The molecule has 0 unspecified atom stereocenters. The summed E-state index contributed by atoms with van der Waals surface area (Å²) in [6, 6.07) is 13.5. The zero-order valence-corrected chi connectivity index (χ0v) is 16.1. The van der Waals surface area contributed by atoms with E-state index in [0.717, 1.165) is 29.4 Å². The molecular weight excluding hydrogens is 362 g/mol. The van der Waals surface area contributed by atoms with Crippen molar-refractivity contribution >= 4 is 29.1 Å². The highest BCUT2D eigenvalue weighted by Gasteiger charge is 2.30. The summed E-state index contributed by atoms with van der Waals surface area (Å²) in [6.45, 7) is 5.56. The number of rotatable bonds is 3. The lowest BCUT2D eigenvalue weighted by molar-refractivity contribution is -0.132. The second kappa shape index (κ2) is 7.24. The van der Waals surface area contributed by atoms with Crippen molar-refractivity contribution in [2.45, 2.75) is 13.5 Å². The molecule has 6 heteroatoms. The lowest BCUT2D eigenvalue weighted by Gasteiger charge is -2.37. The van der Waals surface area contributed by atoms with Crippen LogP contribution in [0.3, 0.4) is 0 Å². The number of anilines is 1. The molecule has 0 saturated carbocycles. The van der Waals surface area contributed by atoms with Crippen LogP contribution in [0.1, 0.15) is 21.5 Å². The fourth-order valence-corrected chi connectivity index (χ4v) is 3.99. The van der Waals surface area contributed by atoms with E-state index in [2.05, 4.69) is 11.8 Å². The van der Waals surface area contributed by atoms with Crippen molar-refractivity contribution in [3.8, 4) is 0 Å². The smallest absolute Gasteiger partial charge is 0.254 e. The van der Waals surface area contributed by atoms with Crippen molar-refractivity contribution in [3.05, 3.63) is 64.2 Å². The third-order valence-corrected chi connectivity index (χ3v) is 5.60. The largest absolute Gasteiger partial charge is 0.368 e. The monoisotopic (exact) mass is 383 g/mol. The molecule has 1 fully saturated rings. The van der Waals surface area contributed by atoms with Gasteiger partial charge in [-0.3, -0.25) is 9.59 Å². The minimum atomic E-state index is -0.0489. The molecule has 2 aliphatic heterocycles. The molecule has 4 rings (SSSR count). The summed E-state index contributed by atoms with van der Waals surface area (Å²) in [5, 5.41) is 0.723. The van der Waals surface area contributed by atoms with Gasteiger partial charge in [0.05, 0.1) is 0 Å². The van der Waals surface area contributed by atoms with Gasteiger partial charge in [0.2, 0.25) is 5.91 Å². The van der Waals surface area contributed by atoms with Crippen LogP contribution >= 0.6 is 11.6 Å². The number of benzene rings is 2. The molecule has 0 atom stereocenters. The van der Waals surface area contributed by atoms with Crippen LogP contribution in [0, 0.1) is 6.92 Å². The van der Waals surface area contributed by atoms with Crippen molar-refractivity contribution in [1.29, 1.82) is 0 Å². The Morgan fingerprint density at radius 2 is 1.81 bits per heavy atom. The van der Waals surface area contributed by atoms with Crippen LogP contribution in [0.5, 0.6) is 0 Å². The third-order valence-electron chi connectivity index (χ3n) is 5.37. The minimum absolute atomic E-state index is 0.0126. The molecule has 2 aromatic carbocycles. The first-order valence-corrected chi connectivity index (χ1v) is 9.57. The molecule has 2 amide bonds. The van der Waals surface area contributed by atoms with Crippen molar-refractivity contribution in [3.63, 3.8) is 0 Å². The van der Waals surface area contributed by atoms with E-state index in [9.17, 15) is 9.59 Å². The van der Waals surface area contributed by atoms with Gasteiger partial charge < -0.3 is 14.7 Å². The quantitative estimate of drug-likeness (QED) is 0.818. The zero-order valence-electron chi connectivity index (χ0n) is 15.3. The molecule has 0 N–H and O–H groups in total. The van der Waals surface area contributed by atoms with Crippen LogP contribution in [-0.2, 0) is 11.3 Å². The molecule has 0 radical (unpaired) electrons. The predicted octanol–water partition coefficient (Wildman–Crippen LogP) is 2.95. The van der Waals surface area contributed by atoms with Gasteiger partial charge in [-0.15, -0.1) is 0 Å². The average Bonchev–Trinajstić information content (AvgIpc) is 3.00. The van der Waals surface area contributed by atoms with Crippen LogP contribution in [-0.4, -0.2) is 54.3 Å². The number of aryl methyl sites for hydroxylation is 1. The van der Waals surface area contributed by atoms with E-state index in [1.165, 1.54) is 5.56 Å². The van der Waals surface area contributed by atoms with Crippen molar-refractivity contribution in [2.75, 3.05) is 37.6 Å². The normalized spacial score (nSPS) is 16.7. The lowest BCUT2D eigenvalue weighted by Crippen LogP contribution is -2.51. The second-order valence-electron chi connectivity index (χ2n) is 7.12. The Labute approximate surface area is 164 Å². The Morgan fingerprint density at radius 1 is 1.07 bits per heavy atom. The van der Waals surface area contributed by atoms with Gasteiger partial charge in [0.1, 0.15) is 6.54 Å². The van der Waals surface area contributed by atoms with Crippen LogP contribution in [0.15, 0.2) is 42.5 Å². The van der Waals surface area contributed by atoms with Crippen molar-refractivity contribution < 1.29 is 9.59 Å². The molecule has 0 bridgehead atoms. The highest BCUT2D eigenvalue weighted by molar-refractivity contribution is 6.30. The Bertz CT molecular complexity index is 891. The first kappa shape index (κ1) is 17.9. The van der Waals surface area contributed by atoms with E-state index in [0.29, 0.717) is 25.2 Å². The van der Waals surface area contributed by atoms with Gasteiger partial charge in [-0.2, -0.15) is 0 Å². The standard InChI is InChI=1S/C21H22ClN3O2/c1-15-6-7-17(22)12-19(15)23-8-10-24(11-9-23)20(26)14-25-13-16-4-2-3-5-18(16)21(25)27/h2-7,12H,8-11,13-14H2,1H3. The molecule has 0 aromatic heterocycles. The number of hydrogen-bond acceptors (Lipinski definition) is 3. The Balaban J connectivity index is 1.36. The molecule has 1 saturated heterocycles. The predicted molar refractivity (Wildman–Crippen MR) is 106 cm³/mol. The van der Waals surface area contributed by atoms with E-state index >= 15 is 0 Å². The number of hydrogen-bond donors (Lipinski definition) is 0. The number of fused-ring (bicyclic) bond motifs is 1. The van der Waals surface area contributed by atoms with Crippen LogP contribution in [0.25, 0.3) is 0 Å². The Hall–Kier alpha value is -2.53. The maximum Gasteiger partial charge on any atom is 0.254 e. The highest BCUT2D eigenvalue weighted by atomic mass is 35.5. The summed E-state index contributed by atoms with van der Waals surface area (Å²) in [7, 11) is 0. The Kier molecular flexibility index (Phi) is 4.79. The molecule has 27 heavy (non-hydrogen) atoms. The maximum absolute atomic E-state index is 12.7. The number of piperazine rings is 1. The van der Waals surface area contributed by atoms with Crippen molar-refractivity contribution in [1.82, 2.24) is 9.80 Å². The van der Waals surface area contributed by atoms with E-state index in [1.807, 2.05) is 47.4 Å². The summed E-state index contributed by atoms with van der Waals surface area (Å²) in [4.78, 5) is 30.9. The molecule has 0 spiro atoms. The first-order valence-electron chi connectivity index (χ1n) is 9.19. The molecular formula is C21H22ClN3O2. The highest BCUT2D eigenvalue weighted by Crippen LogP contribution is 2.26. The van der Waals surface area contributed by atoms with Crippen LogP contribution < -0.4 is 4.90 Å². The molecule has 140 valence electrons. The summed E-state index contributed by atoms with van der Waals surface area (Å²) in [6.07, 6.45) is 0. The average molecular weight is 384 g/mol. The molecule has 5 nitrogen and oxygen atoms in total. The molecule has 2 aromatic rings. The second-order valence-corrected chi connectivity index (χ2v) is 7.55. The van der Waals surface area contributed by atoms with Gasteiger partial charge in [0, 0.05) is 49.0 Å². The first-order chi connectivity index (χ1) is 13.0. The van der Waals surface area contributed by atoms with E-state index < -0.39 is 0 Å². The van der Waals surface area contributed by atoms with Gasteiger partial charge in [-0.25, -0.2) is 0 Å². The fraction of sp³-hybridized carbons (Fsp3) is 0.333. The lowest BCUT2D eigenvalue weighted by atomic mass is 10.1. The van der Waals surface area contributed by atoms with E-state index in [4.69, 9.17) is 11.6 Å². The van der Waals surface area contributed by atoms with Gasteiger partial charge in [0.25, 0.3) is 5.91 Å². The van der Waals surface area contributed by atoms with Gasteiger partial charge >= 0.3 is 0 Å². The SMILES string of the molecule is Cc1ccc(Cl)cc1N1CCN(C(=O)CN2Cc3ccccc3C2=O)CC1. The number of carbonyl (C=O) groups is 2. The number of halogens is 1. The molecule has 2 heterocycles. The summed E-state index contributed by atoms with van der Waals surface area (Å²) in [5.74, 6) is -0.0363. The third kappa shape index (κ3) is 3.52. The van der Waals surface area contributed by atoms with E-state index in [-0.39, 0.29) is 18.4 Å². The topological polar surface area (TPSA) is 43.9 Å². The summed E-state index contributed by atoms with van der Waals surface area (Å²) >= 11 is 6.13. The number of amides is 2. The summed E-state index contributed by atoms with van der Waals surface area (Å²) in [5.41, 5.74) is 4.02. The van der Waals surface area contributed by atoms with Crippen LogP contribution in [0.2, 0.25) is 5.02 Å². The summed E-state index contributed by atoms with van der Waals surface area (Å²) < 4.78 is 0. The fourth-order valence-electron chi connectivity index (χ4n) is 3.83. The molecule has 0 aliphatic carbocycles.